The zero-order chi connectivity index (χ0) is 17.6. The molecule has 0 unspecified atom stereocenters. The topological polar surface area (TPSA) is 83.8 Å². The van der Waals surface area contributed by atoms with Gasteiger partial charge >= 0.3 is 11.9 Å². The molecule has 2 N–H and O–H groups in total. The number of carboxylic acids is 1. The number of fused-ring (bicyclic) bond motifs is 1. The average molecular weight is 326 g/mol. The lowest BCUT2D eigenvalue weighted by Crippen LogP contribution is -2.64. The first-order valence-corrected chi connectivity index (χ1v) is 8.52. The van der Waals surface area contributed by atoms with Crippen molar-refractivity contribution in [1.29, 1.82) is 0 Å². The van der Waals surface area contributed by atoms with Crippen molar-refractivity contribution < 1.29 is 24.5 Å². The lowest BCUT2D eigenvalue weighted by atomic mass is 9.44. The van der Waals surface area contributed by atoms with Crippen LogP contribution in [0.5, 0.6) is 0 Å². The summed E-state index contributed by atoms with van der Waals surface area (Å²) < 4.78 is 5.58. The Morgan fingerprint density at radius 3 is 2.30 bits per heavy atom. The van der Waals surface area contributed by atoms with E-state index in [-0.39, 0.29) is 29.1 Å². The molecule has 0 heterocycles. The zero-order valence-electron chi connectivity index (χ0n) is 14.9. The van der Waals surface area contributed by atoms with Gasteiger partial charge in [-0.05, 0) is 36.5 Å². The predicted molar refractivity (Wildman–Crippen MR) is 85.8 cm³/mol. The van der Waals surface area contributed by atoms with E-state index >= 15 is 0 Å². The Bertz CT molecular complexity index is 500. The molecule has 0 radical (unpaired) electrons. The van der Waals surface area contributed by atoms with Gasteiger partial charge in [0.15, 0.2) is 0 Å². The van der Waals surface area contributed by atoms with E-state index in [1.54, 1.807) is 6.92 Å². The van der Waals surface area contributed by atoms with E-state index < -0.39 is 23.6 Å². The summed E-state index contributed by atoms with van der Waals surface area (Å²) >= 11 is 0. The minimum atomic E-state index is -0.942. The Kier molecular flexibility index (Phi) is 4.57. The molecule has 132 valence electrons. The zero-order valence-corrected chi connectivity index (χ0v) is 14.9. The summed E-state index contributed by atoms with van der Waals surface area (Å²) in [7, 11) is 0. The highest BCUT2D eigenvalue weighted by Crippen LogP contribution is 2.63. The van der Waals surface area contributed by atoms with Crippen molar-refractivity contribution in [2.75, 3.05) is 0 Å². The van der Waals surface area contributed by atoms with Crippen LogP contribution in [0.4, 0.5) is 0 Å². The molecule has 2 aliphatic carbocycles. The molecule has 2 rings (SSSR count). The maximum absolute atomic E-state index is 11.6. The van der Waals surface area contributed by atoms with Crippen LogP contribution in [0.1, 0.15) is 66.7 Å². The van der Waals surface area contributed by atoms with Gasteiger partial charge in [-0.2, -0.15) is 0 Å². The first kappa shape index (κ1) is 18.2. The molecule has 2 saturated carbocycles. The second-order valence-corrected chi connectivity index (χ2v) is 8.65. The van der Waals surface area contributed by atoms with Crippen molar-refractivity contribution in [2.24, 2.45) is 22.7 Å². The van der Waals surface area contributed by atoms with Crippen LogP contribution in [-0.2, 0) is 14.3 Å². The molecule has 5 atom stereocenters. The minimum absolute atomic E-state index is 0.0109. The molecule has 5 heteroatoms. The van der Waals surface area contributed by atoms with Crippen LogP contribution in [-0.4, -0.2) is 33.9 Å². The third-order valence-electron chi connectivity index (χ3n) is 6.38. The van der Waals surface area contributed by atoms with Crippen LogP contribution in [0.2, 0.25) is 0 Å². The summed E-state index contributed by atoms with van der Waals surface area (Å²) in [6, 6.07) is 0. The molecule has 0 amide bonds. The van der Waals surface area contributed by atoms with Crippen LogP contribution in [0, 0.1) is 22.7 Å². The first-order valence-electron chi connectivity index (χ1n) is 8.52. The van der Waals surface area contributed by atoms with Crippen LogP contribution >= 0.6 is 0 Å². The molecule has 0 saturated heterocycles. The Hall–Kier alpha value is -1.10. The van der Waals surface area contributed by atoms with Crippen molar-refractivity contribution in [1.82, 2.24) is 0 Å². The number of esters is 1. The average Bonchev–Trinajstić information content (AvgIpc) is 2.31. The van der Waals surface area contributed by atoms with Gasteiger partial charge in [-0.1, -0.05) is 27.2 Å². The normalized spacial score (nSPS) is 42.6. The van der Waals surface area contributed by atoms with Gasteiger partial charge in [0.1, 0.15) is 5.60 Å². The molecule has 0 aromatic carbocycles. The molecule has 0 aromatic rings. The van der Waals surface area contributed by atoms with Crippen LogP contribution < -0.4 is 0 Å². The third kappa shape index (κ3) is 3.12. The minimum Gasteiger partial charge on any atom is -0.481 e. The second kappa shape index (κ2) is 5.76. The number of aliphatic hydroxyl groups excluding tert-OH is 1. The SMILES string of the molecule is CC(=O)O[C@]1(C)C[C@H](O)[C@H]2C(C)(C)CCC[C@]2(C)[C@H]1CC(=O)O. The summed E-state index contributed by atoms with van der Waals surface area (Å²) in [4.78, 5) is 23.1. The number of ether oxygens (including phenoxy) is 1. The largest absolute Gasteiger partial charge is 0.481 e. The van der Waals surface area contributed by atoms with Gasteiger partial charge in [0.25, 0.3) is 0 Å². The smallest absolute Gasteiger partial charge is 0.303 e. The molecule has 2 fully saturated rings. The van der Waals surface area contributed by atoms with E-state index in [4.69, 9.17) is 4.74 Å². The summed E-state index contributed by atoms with van der Waals surface area (Å²) in [5, 5.41) is 20.3. The van der Waals surface area contributed by atoms with Crippen molar-refractivity contribution in [3.63, 3.8) is 0 Å². The second-order valence-electron chi connectivity index (χ2n) is 8.65. The number of aliphatic hydroxyl groups is 1. The van der Waals surface area contributed by atoms with E-state index in [1.807, 2.05) is 0 Å². The number of carbonyl (C=O) groups excluding carboxylic acids is 1. The fourth-order valence-corrected chi connectivity index (χ4v) is 5.92. The molecule has 0 bridgehead atoms. The van der Waals surface area contributed by atoms with Gasteiger partial charge in [-0.15, -0.1) is 0 Å². The number of carbonyl (C=O) groups is 2. The van der Waals surface area contributed by atoms with Gasteiger partial charge in [0, 0.05) is 19.3 Å². The van der Waals surface area contributed by atoms with Crippen molar-refractivity contribution in [3.05, 3.63) is 0 Å². The molecule has 5 nitrogen and oxygen atoms in total. The van der Waals surface area contributed by atoms with E-state index in [9.17, 15) is 19.8 Å². The van der Waals surface area contributed by atoms with Gasteiger partial charge in [-0.3, -0.25) is 9.59 Å². The monoisotopic (exact) mass is 326 g/mol. The highest BCUT2D eigenvalue weighted by molar-refractivity contribution is 5.69. The van der Waals surface area contributed by atoms with Crippen molar-refractivity contribution in [3.8, 4) is 0 Å². The van der Waals surface area contributed by atoms with Crippen molar-refractivity contribution >= 4 is 11.9 Å². The first-order chi connectivity index (χ1) is 10.4. The van der Waals surface area contributed by atoms with Crippen LogP contribution in [0.25, 0.3) is 0 Å². The quantitative estimate of drug-likeness (QED) is 0.779. The number of hydrogen-bond acceptors (Lipinski definition) is 4. The Labute approximate surface area is 138 Å². The lowest BCUT2D eigenvalue weighted by molar-refractivity contribution is -0.229. The Morgan fingerprint density at radius 1 is 1.17 bits per heavy atom. The standard InChI is InChI=1S/C18H30O5/c1-11(19)23-18(5)10-12(20)15-16(2,3)7-6-8-17(15,4)13(18)9-14(21)22/h12-13,15,20H,6-10H2,1-5H3,(H,21,22)/t12-,13+,15-,17+,18+/m0/s1. The summed E-state index contributed by atoms with van der Waals surface area (Å²) in [5.41, 5.74) is -1.36. The number of rotatable bonds is 3. The van der Waals surface area contributed by atoms with Crippen molar-refractivity contribution in [2.45, 2.75) is 78.4 Å². The van der Waals surface area contributed by atoms with Gasteiger partial charge in [0.2, 0.25) is 0 Å². The predicted octanol–water partition coefficient (Wildman–Crippen LogP) is 3.00. The molecule has 0 aromatic heterocycles. The maximum atomic E-state index is 11.6. The third-order valence-corrected chi connectivity index (χ3v) is 6.38. The molecule has 0 spiro atoms. The highest BCUT2D eigenvalue weighted by atomic mass is 16.6. The van der Waals surface area contributed by atoms with E-state index in [0.29, 0.717) is 6.42 Å². The number of carboxylic acid groups (broad SMARTS) is 1. The molecule has 0 aliphatic heterocycles. The lowest BCUT2D eigenvalue weighted by Gasteiger charge is -2.63. The summed E-state index contributed by atoms with van der Waals surface area (Å²) in [5.74, 6) is -1.60. The molecule has 2 aliphatic rings. The highest BCUT2D eigenvalue weighted by Gasteiger charge is 2.63. The Morgan fingerprint density at radius 2 is 1.78 bits per heavy atom. The van der Waals surface area contributed by atoms with Gasteiger partial charge < -0.3 is 14.9 Å². The van der Waals surface area contributed by atoms with E-state index in [1.165, 1.54) is 6.92 Å². The fraction of sp³-hybridized carbons (Fsp3) is 0.889. The molecule has 23 heavy (non-hydrogen) atoms. The number of aliphatic carboxylic acids is 1. The summed E-state index contributed by atoms with van der Waals surface area (Å²) in [6.07, 6.45) is 2.54. The Balaban J connectivity index is 2.51. The number of hydrogen-bond donors (Lipinski definition) is 2. The molecular weight excluding hydrogens is 296 g/mol. The van der Waals surface area contributed by atoms with Gasteiger partial charge in [-0.25, -0.2) is 0 Å². The van der Waals surface area contributed by atoms with Crippen LogP contribution in [0.3, 0.4) is 0 Å². The summed E-state index contributed by atoms with van der Waals surface area (Å²) in [6.45, 7) is 9.52. The fourth-order valence-electron chi connectivity index (χ4n) is 5.92. The van der Waals surface area contributed by atoms with E-state index in [0.717, 1.165) is 19.3 Å². The maximum Gasteiger partial charge on any atom is 0.303 e. The molecular formula is C18H30O5. The van der Waals surface area contributed by atoms with Gasteiger partial charge in [0.05, 0.1) is 12.5 Å². The van der Waals surface area contributed by atoms with E-state index in [2.05, 4.69) is 20.8 Å². The van der Waals surface area contributed by atoms with Crippen LogP contribution in [0.15, 0.2) is 0 Å².